The summed E-state index contributed by atoms with van der Waals surface area (Å²) in [5.41, 5.74) is 4.13. The lowest BCUT2D eigenvalue weighted by Gasteiger charge is -2.11. The summed E-state index contributed by atoms with van der Waals surface area (Å²) >= 11 is 1.33. The molecule has 0 spiro atoms. The van der Waals surface area contributed by atoms with Crippen LogP contribution >= 0.6 is 11.8 Å². The van der Waals surface area contributed by atoms with Gasteiger partial charge in [-0.3, -0.25) is 4.79 Å². The highest BCUT2D eigenvalue weighted by Crippen LogP contribution is 2.28. The molecule has 1 heterocycles. The Bertz CT molecular complexity index is 952. The van der Waals surface area contributed by atoms with Crippen molar-refractivity contribution in [2.75, 3.05) is 0 Å². The standard InChI is InChI=1S/C19H18N4O2S/c1-12(18(25)15-6-5-13-3-2-4-14(13)11-15)26-19-20-21-22-23(19)16-7-9-17(24)10-8-16/h5-12,24H,2-4H2,1H3. The minimum Gasteiger partial charge on any atom is -0.508 e. The van der Waals surface area contributed by atoms with Crippen LogP contribution in [0.4, 0.5) is 0 Å². The maximum absolute atomic E-state index is 12.8. The zero-order valence-corrected chi connectivity index (χ0v) is 15.1. The van der Waals surface area contributed by atoms with Crippen molar-refractivity contribution in [2.45, 2.75) is 36.6 Å². The zero-order valence-electron chi connectivity index (χ0n) is 14.3. The summed E-state index contributed by atoms with van der Waals surface area (Å²) in [6.07, 6.45) is 3.32. The van der Waals surface area contributed by atoms with Crippen LogP contribution in [0.25, 0.3) is 5.69 Å². The van der Waals surface area contributed by atoms with Gasteiger partial charge in [-0.25, -0.2) is 0 Å². The van der Waals surface area contributed by atoms with E-state index < -0.39 is 0 Å². The van der Waals surface area contributed by atoms with Gasteiger partial charge in [-0.1, -0.05) is 23.9 Å². The Balaban J connectivity index is 1.53. The second-order valence-electron chi connectivity index (χ2n) is 6.35. The van der Waals surface area contributed by atoms with Gasteiger partial charge >= 0.3 is 0 Å². The van der Waals surface area contributed by atoms with E-state index in [1.54, 1.807) is 28.9 Å². The lowest BCUT2D eigenvalue weighted by Crippen LogP contribution is -2.15. The number of rotatable bonds is 5. The molecule has 1 aromatic heterocycles. The summed E-state index contributed by atoms with van der Waals surface area (Å²) in [4.78, 5) is 12.8. The van der Waals surface area contributed by atoms with Gasteiger partial charge in [0.1, 0.15) is 5.75 Å². The van der Waals surface area contributed by atoms with Crippen LogP contribution < -0.4 is 0 Å². The Morgan fingerprint density at radius 3 is 2.73 bits per heavy atom. The number of hydrogen-bond donors (Lipinski definition) is 1. The van der Waals surface area contributed by atoms with Gasteiger partial charge < -0.3 is 5.11 Å². The van der Waals surface area contributed by atoms with Crippen LogP contribution in [0.2, 0.25) is 0 Å². The molecule has 0 fully saturated rings. The number of Topliss-reactive ketones (excluding diaryl/α,β-unsaturated/α-hetero) is 1. The molecule has 2 aromatic carbocycles. The highest BCUT2D eigenvalue weighted by atomic mass is 32.2. The van der Waals surface area contributed by atoms with Gasteiger partial charge in [0, 0.05) is 5.56 Å². The van der Waals surface area contributed by atoms with Gasteiger partial charge in [0.2, 0.25) is 5.16 Å². The number of carbonyl (C=O) groups excluding carboxylic acids is 1. The van der Waals surface area contributed by atoms with E-state index in [1.807, 2.05) is 19.1 Å². The molecular formula is C19H18N4O2S. The Morgan fingerprint density at radius 1 is 1.15 bits per heavy atom. The Hall–Kier alpha value is -2.67. The molecule has 132 valence electrons. The molecule has 1 unspecified atom stereocenters. The van der Waals surface area contributed by atoms with Crippen LogP contribution in [0.1, 0.15) is 34.8 Å². The SMILES string of the molecule is CC(Sc1nnnn1-c1ccc(O)cc1)C(=O)c1ccc2c(c1)CCC2. The summed E-state index contributed by atoms with van der Waals surface area (Å²) in [5.74, 6) is 0.251. The monoisotopic (exact) mass is 366 g/mol. The van der Waals surface area contributed by atoms with Gasteiger partial charge in [-0.2, -0.15) is 4.68 Å². The molecular weight excluding hydrogens is 348 g/mol. The first-order chi connectivity index (χ1) is 12.6. The van der Waals surface area contributed by atoms with E-state index in [0.717, 1.165) is 24.1 Å². The third-order valence-electron chi connectivity index (χ3n) is 4.57. The van der Waals surface area contributed by atoms with Crippen LogP contribution in [0.15, 0.2) is 47.6 Å². The summed E-state index contributed by atoms with van der Waals surface area (Å²) < 4.78 is 1.57. The van der Waals surface area contributed by atoms with Crippen LogP contribution in [0.3, 0.4) is 0 Å². The van der Waals surface area contributed by atoms with Crippen molar-refractivity contribution in [3.63, 3.8) is 0 Å². The maximum Gasteiger partial charge on any atom is 0.214 e. The van der Waals surface area contributed by atoms with Crippen LogP contribution in [-0.4, -0.2) is 36.3 Å². The molecule has 0 radical (unpaired) electrons. The average Bonchev–Trinajstić information content (AvgIpc) is 3.30. The number of ketones is 1. The molecule has 0 saturated heterocycles. The van der Waals surface area contributed by atoms with E-state index in [2.05, 4.69) is 21.6 Å². The number of aryl methyl sites for hydroxylation is 2. The maximum atomic E-state index is 12.8. The van der Waals surface area contributed by atoms with E-state index in [0.29, 0.717) is 5.16 Å². The summed E-state index contributed by atoms with van der Waals surface area (Å²) in [6, 6.07) is 12.6. The summed E-state index contributed by atoms with van der Waals surface area (Å²) in [6.45, 7) is 1.87. The Labute approximate surface area is 155 Å². The average molecular weight is 366 g/mol. The largest absolute Gasteiger partial charge is 0.508 e. The molecule has 1 atom stereocenters. The molecule has 0 aliphatic heterocycles. The molecule has 1 aliphatic rings. The number of aromatic hydroxyl groups is 1. The van der Waals surface area contributed by atoms with Crippen molar-refractivity contribution < 1.29 is 9.90 Å². The molecule has 7 heteroatoms. The predicted molar refractivity (Wildman–Crippen MR) is 98.9 cm³/mol. The number of tetrazole rings is 1. The van der Waals surface area contributed by atoms with Crippen molar-refractivity contribution >= 4 is 17.5 Å². The predicted octanol–water partition coefficient (Wildman–Crippen LogP) is 3.22. The summed E-state index contributed by atoms with van der Waals surface area (Å²) in [5, 5.41) is 21.4. The van der Waals surface area contributed by atoms with Gasteiger partial charge in [0.15, 0.2) is 5.78 Å². The minimum atomic E-state index is -0.309. The van der Waals surface area contributed by atoms with Gasteiger partial charge in [0.25, 0.3) is 0 Å². The van der Waals surface area contributed by atoms with E-state index in [-0.39, 0.29) is 16.8 Å². The third kappa shape index (κ3) is 3.22. The number of phenolic OH excluding ortho intramolecular Hbond substituents is 1. The molecule has 26 heavy (non-hydrogen) atoms. The number of aromatic nitrogens is 4. The lowest BCUT2D eigenvalue weighted by molar-refractivity contribution is 0.0993. The van der Waals surface area contributed by atoms with Crippen molar-refractivity contribution in [3.8, 4) is 11.4 Å². The number of carbonyl (C=O) groups is 1. The van der Waals surface area contributed by atoms with Crippen LogP contribution in [-0.2, 0) is 12.8 Å². The number of thioether (sulfide) groups is 1. The fraction of sp³-hybridized carbons (Fsp3) is 0.263. The normalized spacial score (nSPS) is 14.2. The first-order valence-corrected chi connectivity index (χ1v) is 9.40. The second kappa shape index (κ2) is 6.92. The molecule has 0 amide bonds. The number of benzene rings is 2. The molecule has 0 bridgehead atoms. The number of hydrogen-bond acceptors (Lipinski definition) is 6. The first-order valence-electron chi connectivity index (χ1n) is 8.52. The zero-order chi connectivity index (χ0) is 18.1. The Morgan fingerprint density at radius 2 is 1.92 bits per heavy atom. The van der Waals surface area contributed by atoms with E-state index in [4.69, 9.17) is 0 Å². The van der Waals surface area contributed by atoms with E-state index >= 15 is 0 Å². The smallest absolute Gasteiger partial charge is 0.214 e. The third-order valence-corrected chi connectivity index (χ3v) is 5.60. The minimum absolute atomic E-state index is 0.0740. The van der Waals surface area contributed by atoms with E-state index in [9.17, 15) is 9.90 Å². The number of nitrogens with zero attached hydrogens (tertiary/aromatic N) is 4. The van der Waals surface area contributed by atoms with Crippen molar-refractivity contribution in [3.05, 3.63) is 59.2 Å². The molecule has 6 nitrogen and oxygen atoms in total. The first kappa shape index (κ1) is 16.8. The highest BCUT2D eigenvalue weighted by Gasteiger charge is 2.22. The van der Waals surface area contributed by atoms with Crippen LogP contribution in [0, 0.1) is 0 Å². The molecule has 1 N–H and O–H groups in total. The number of phenols is 1. The van der Waals surface area contributed by atoms with Crippen molar-refractivity contribution in [1.29, 1.82) is 0 Å². The van der Waals surface area contributed by atoms with Gasteiger partial charge in [0.05, 0.1) is 10.9 Å². The van der Waals surface area contributed by atoms with Gasteiger partial charge in [-0.15, -0.1) is 5.10 Å². The lowest BCUT2D eigenvalue weighted by atomic mass is 10.0. The van der Waals surface area contributed by atoms with Crippen molar-refractivity contribution in [1.82, 2.24) is 20.2 Å². The molecule has 4 rings (SSSR count). The Kier molecular flexibility index (Phi) is 4.46. The van der Waals surface area contributed by atoms with Crippen LogP contribution in [0.5, 0.6) is 5.75 Å². The fourth-order valence-electron chi connectivity index (χ4n) is 3.18. The van der Waals surface area contributed by atoms with E-state index in [1.165, 1.54) is 29.3 Å². The second-order valence-corrected chi connectivity index (χ2v) is 7.66. The number of fused-ring (bicyclic) bond motifs is 1. The van der Waals surface area contributed by atoms with Gasteiger partial charge in [-0.05, 0) is 78.1 Å². The summed E-state index contributed by atoms with van der Waals surface area (Å²) in [7, 11) is 0. The fourth-order valence-corrected chi connectivity index (χ4v) is 4.06. The quantitative estimate of drug-likeness (QED) is 0.552. The highest BCUT2D eigenvalue weighted by molar-refractivity contribution is 8.00. The molecule has 3 aromatic rings. The molecule has 1 aliphatic carbocycles. The van der Waals surface area contributed by atoms with Crippen molar-refractivity contribution in [2.24, 2.45) is 0 Å². The molecule has 0 saturated carbocycles. The topological polar surface area (TPSA) is 80.9 Å².